The van der Waals surface area contributed by atoms with Crippen LogP contribution in [0.5, 0.6) is 23.3 Å². The average molecular weight is 949 g/mol. The van der Waals surface area contributed by atoms with Crippen molar-refractivity contribution in [2.24, 2.45) is 0 Å². The average Bonchev–Trinajstić information content (AvgIpc) is 3.92. The molecule has 0 saturated carbocycles. The molecule has 0 N–H and O–H groups in total. The van der Waals surface area contributed by atoms with Crippen molar-refractivity contribution in [1.82, 2.24) is 19.9 Å². The van der Waals surface area contributed by atoms with Crippen LogP contribution in [-0.4, -0.2) is 33.4 Å². The van der Waals surface area contributed by atoms with Crippen LogP contribution in [0.1, 0.15) is 103 Å². The minimum atomic E-state index is -0.188. The Morgan fingerprint density at radius 2 is 0.886 bits per heavy atom. The number of aromatic nitrogens is 4. The molecule has 342 valence electrons. The van der Waals surface area contributed by atoms with E-state index < -0.39 is 0 Å². The van der Waals surface area contributed by atoms with Crippen LogP contribution in [0.15, 0.2) is 110 Å². The molecule has 0 spiro atoms. The van der Waals surface area contributed by atoms with E-state index in [9.17, 15) is 0 Å². The van der Waals surface area contributed by atoms with Gasteiger partial charge in [-0.15, -0.1) is 22.7 Å². The summed E-state index contributed by atoms with van der Waals surface area (Å²) in [7, 11) is 0. The van der Waals surface area contributed by atoms with Crippen molar-refractivity contribution in [2.45, 2.75) is 103 Å². The third kappa shape index (κ3) is 5.44. The maximum atomic E-state index is 6.98. The predicted molar refractivity (Wildman–Crippen MR) is 291 cm³/mol. The summed E-state index contributed by atoms with van der Waals surface area (Å²) in [6, 6.07) is 36.6. The molecular formula is C58H50B2N6O2S2. The van der Waals surface area contributed by atoms with Crippen LogP contribution in [0.3, 0.4) is 0 Å². The lowest BCUT2D eigenvalue weighted by atomic mass is 9.34. The molecule has 0 atom stereocenters. The monoisotopic (exact) mass is 948 g/mol. The first-order valence-corrected chi connectivity index (χ1v) is 26.5. The van der Waals surface area contributed by atoms with Crippen molar-refractivity contribution in [3.05, 3.63) is 132 Å². The zero-order chi connectivity index (χ0) is 47.4. The van der Waals surface area contributed by atoms with E-state index in [0.29, 0.717) is 11.8 Å². The van der Waals surface area contributed by atoms with Crippen LogP contribution >= 0.6 is 22.7 Å². The lowest BCUT2D eigenvalue weighted by Gasteiger charge is -2.44. The fourth-order valence-electron chi connectivity index (χ4n) is 13.1. The third-order valence-electron chi connectivity index (χ3n) is 17.2. The first-order chi connectivity index (χ1) is 33.7. The van der Waals surface area contributed by atoms with E-state index in [1.54, 1.807) is 12.7 Å². The van der Waals surface area contributed by atoms with Crippen LogP contribution < -0.4 is 50.7 Å². The van der Waals surface area contributed by atoms with Crippen LogP contribution in [0.4, 0.5) is 34.4 Å². The quantitative estimate of drug-likeness (QED) is 0.159. The molecule has 8 nitrogen and oxygen atoms in total. The van der Waals surface area contributed by atoms with Crippen LogP contribution in [0.25, 0.3) is 20.2 Å². The first kappa shape index (κ1) is 41.3. The number of rotatable bonds is 2. The van der Waals surface area contributed by atoms with Gasteiger partial charge in [0.05, 0.1) is 0 Å². The molecule has 0 bridgehead atoms. The second-order valence-corrected chi connectivity index (χ2v) is 25.3. The Bertz CT molecular complexity index is 3580. The SMILES string of the molecule is CC1(C)CCC(C)(C)c2cc(N3c4cc5c(cc4B4c6sc7ccccc7c6Oc6ncnc3c64)B3c4sc6ccccc6c4Oc4ncnc(c43)N5c3ccc4c(c3)C(C)(C)CCC4(C)C)ccc21. The lowest BCUT2D eigenvalue weighted by molar-refractivity contribution is 0.332. The summed E-state index contributed by atoms with van der Waals surface area (Å²) in [5.41, 5.74) is 14.5. The van der Waals surface area contributed by atoms with Crippen molar-refractivity contribution >= 4 is 122 Å². The number of nitrogens with zero attached hydrogens (tertiary/aromatic N) is 6. The van der Waals surface area contributed by atoms with Crippen LogP contribution in [0, 0.1) is 0 Å². The molecule has 4 aliphatic heterocycles. The highest BCUT2D eigenvalue weighted by molar-refractivity contribution is 7.34. The van der Waals surface area contributed by atoms with Crippen molar-refractivity contribution in [1.29, 1.82) is 0 Å². The van der Waals surface area contributed by atoms with Gasteiger partial charge in [-0.2, -0.15) is 0 Å². The highest BCUT2D eigenvalue weighted by atomic mass is 32.1. The summed E-state index contributed by atoms with van der Waals surface area (Å²) >= 11 is 3.64. The maximum Gasteiger partial charge on any atom is 0.273 e. The third-order valence-corrected chi connectivity index (χ3v) is 19.6. The van der Waals surface area contributed by atoms with E-state index in [1.165, 1.54) is 52.1 Å². The predicted octanol–water partition coefficient (Wildman–Crippen LogP) is 11.2. The highest BCUT2D eigenvalue weighted by Crippen LogP contribution is 2.52. The second-order valence-electron chi connectivity index (χ2n) is 23.1. The summed E-state index contributed by atoms with van der Waals surface area (Å²) in [5.74, 6) is 4.69. The molecule has 12 heteroatoms. The fraction of sp³-hybridized carbons (Fsp3) is 0.276. The van der Waals surface area contributed by atoms with Gasteiger partial charge in [0, 0.05) is 63.4 Å². The molecule has 8 heterocycles. The first-order valence-electron chi connectivity index (χ1n) is 24.8. The Kier molecular flexibility index (Phi) is 8.07. The summed E-state index contributed by atoms with van der Waals surface area (Å²) in [6.45, 7) is 18.9. The molecule has 0 saturated heterocycles. The van der Waals surface area contributed by atoms with Gasteiger partial charge < -0.3 is 9.47 Å². The number of hydrogen-bond donors (Lipinski definition) is 0. The molecule has 4 aromatic heterocycles. The minimum Gasteiger partial charge on any atom is -0.438 e. The zero-order valence-corrected chi connectivity index (χ0v) is 42.3. The number of anilines is 6. The smallest absolute Gasteiger partial charge is 0.273 e. The van der Waals surface area contributed by atoms with E-state index in [4.69, 9.17) is 29.4 Å². The van der Waals surface area contributed by atoms with Crippen LogP contribution in [0.2, 0.25) is 0 Å². The van der Waals surface area contributed by atoms with Gasteiger partial charge in [0.2, 0.25) is 11.8 Å². The molecule has 9 aromatic rings. The molecule has 2 aliphatic carbocycles. The van der Waals surface area contributed by atoms with Crippen molar-refractivity contribution in [2.75, 3.05) is 9.80 Å². The van der Waals surface area contributed by atoms with Crippen molar-refractivity contribution in [3.8, 4) is 23.3 Å². The molecule has 0 fully saturated rings. The Labute approximate surface area is 416 Å². The van der Waals surface area contributed by atoms with Gasteiger partial charge in [-0.3, -0.25) is 9.80 Å². The molecule has 0 radical (unpaired) electrons. The summed E-state index contributed by atoms with van der Waals surface area (Å²) < 4.78 is 18.7. The number of thiophene rings is 2. The molecular weight excluding hydrogens is 898 g/mol. The minimum absolute atomic E-state index is 0.00419. The van der Waals surface area contributed by atoms with E-state index in [1.807, 2.05) is 22.7 Å². The van der Waals surface area contributed by atoms with Crippen LogP contribution in [-0.2, 0) is 21.7 Å². The summed E-state index contributed by atoms with van der Waals surface area (Å²) in [6.07, 6.45) is 7.91. The van der Waals surface area contributed by atoms with Gasteiger partial charge in [-0.25, -0.2) is 19.9 Å². The van der Waals surface area contributed by atoms with E-state index >= 15 is 0 Å². The molecule has 0 unspecified atom stereocenters. The van der Waals surface area contributed by atoms with E-state index in [0.717, 1.165) is 93.3 Å². The highest BCUT2D eigenvalue weighted by Gasteiger charge is 2.51. The van der Waals surface area contributed by atoms with Gasteiger partial charge in [0.15, 0.2) is 0 Å². The van der Waals surface area contributed by atoms with Crippen molar-refractivity contribution < 1.29 is 9.47 Å². The summed E-state index contributed by atoms with van der Waals surface area (Å²) in [4.78, 5) is 25.3. The summed E-state index contributed by atoms with van der Waals surface area (Å²) in [5, 5.41) is 2.21. The normalized spacial score (nSPS) is 18.6. The van der Waals surface area contributed by atoms with Gasteiger partial charge in [0.25, 0.3) is 13.4 Å². The largest absolute Gasteiger partial charge is 0.438 e. The number of fused-ring (bicyclic) bond motifs is 14. The van der Waals surface area contributed by atoms with Gasteiger partial charge in [0.1, 0.15) is 35.8 Å². The topological polar surface area (TPSA) is 76.5 Å². The molecule has 15 rings (SSSR count). The van der Waals surface area contributed by atoms with Crippen molar-refractivity contribution in [3.63, 3.8) is 0 Å². The standard InChI is InChI=1S/C58H50B2N6O2S2/c1-55(2)21-23-57(5,6)37-25-31(17-19-35(37)55)65-41-28-42-40(27-39(41)59-45-51(65)61-29-63-53(45)67-47-33-13-9-11-15-43(33)69-49(47)59)60-46-52(62-30-64-54(46)68-48-34-14-10-12-16-44(34)70-50(48)60)66(42)32-18-20-36-38(26-32)58(7,8)24-22-56(36,3)4/h9-20,25-30H,21-24H2,1-8H3. The number of benzene rings is 5. The van der Waals surface area contributed by atoms with E-state index in [-0.39, 0.29) is 35.1 Å². The maximum absolute atomic E-state index is 6.98. The molecule has 0 amide bonds. The van der Waals surface area contributed by atoms with E-state index in [2.05, 4.69) is 162 Å². The Balaban J connectivity index is 1.06. The Hall–Kier alpha value is -6.49. The Morgan fingerprint density at radius 1 is 0.471 bits per heavy atom. The second kappa shape index (κ2) is 13.7. The van der Waals surface area contributed by atoms with Gasteiger partial charge in [-0.1, -0.05) is 97.9 Å². The molecule has 5 aromatic carbocycles. The number of ether oxygens (including phenoxy) is 2. The van der Waals surface area contributed by atoms with Gasteiger partial charge in [-0.05, 0) is 135 Å². The molecule has 70 heavy (non-hydrogen) atoms. The zero-order valence-electron chi connectivity index (χ0n) is 40.7. The lowest BCUT2D eigenvalue weighted by Crippen LogP contribution is -2.63. The fourth-order valence-corrected chi connectivity index (χ4v) is 15.7. The number of hydrogen-bond acceptors (Lipinski definition) is 10. The van der Waals surface area contributed by atoms with Gasteiger partial charge >= 0.3 is 0 Å². The Morgan fingerprint density at radius 3 is 1.33 bits per heavy atom. The molecule has 6 aliphatic rings.